The molecule has 0 saturated heterocycles. The fourth-order valence-electron chi connectivity index (χ4n) is 3.93. The van der Waals surface area contributed by atoms with Crippen LogP contribution in [0.3, 0.4) is 0 Å². The van der Waals surface area contributed by atoms with E-state index < -0.39 is 0 Å². The highest BCUT2D eigenvalue weighted by molar-refractivity contribution is 5.95. The van der Waals surface area contributed by atoms with Crippen LogP contribution >= 0.6 is 0 Å². The molecule has 0 aromatic carbocycles. The second kappa shape index (κ2) is 8.45. The Bertz CT molecular complexity index is 1680. The van der Waals surface area contributed by atoms with Crippen molar-refractivity contribution in [1.82, 2.24) is 40.1 Å². The van der Waals surface area contributed by atoms with Crippen LogP contribution in [0.4, 0.5) is 5.69 Å². The maximum absolute atomic E-state index is 4.91. The molecule has 0 aliphatic rings. The first-order chi connectivity index (χ1) is 17.2. The average molecular weight is 460 g/mol. The van der Waals surface area contributed by atoms with Gasteiger partial charge in [0, 0.05) is 41.6 Å². The van der Waals surface area contributed by atoms with E-state index in [1.165, 1.54) is 0 Å². The fraction of sp³-hybridized carbons (Fsp3) is 0.0769. The molecule has 0 saturated carbocycles. The summed E-state index contributed by atoms with van der Waals surface area (Å²) in [6, 6.07) is 11.7. The van der Waals surface area contributed by atoms with Gasteiger partial charge in [-0.2, -0.15) is 5.10 Å². The van der Waals surface area contributed by atoms with Crippen molar-refractivity contribution in [1.29, 1.82) is 0 Å². The van der Waals surface area contributed by atoms with E-state index in [1.54, 1.807) is 31.0 Å². The lowest BCUT2D eigenvalue weighted by molar-refractivity contribution is 1.10. The molecule has 9 nitrogen and oxygen atoms in total. The van der Waals surface area contributed by atoms with Crippen molar-refractivity contribution in [3.05, 3.63) is 79.7 Å². The van der Waals surface area contributed by atoms with E-state index in [9.17, 15) is 0 Å². The van der Waals surface area contributed by atoms with E-state index in [1.807, 2.05) is 36.4 Å². The molecule has 0 aliphatic carbocycles. The second-order valence-electron chi connectivity index (χ2n) is 8.09. The lowest BCUT2D eigenvalue weighted by atomic mass is 10.1. The van der Waals surface area contributed by atoms with Gasteiger partial charge in [-0.05, 0) is 42.8 Å². The standard InChI is InChI=1S/C26H21N9/c1-3-15(2)30-18-12-17(13-28-14-18)19-4-5-21-24(31-19)25(35-34-21)26-32-20-8-11-29-22(23(20)33-26)16-6-9-27-10-7-16/h4-14,30H,2-3H2,1H3,(H,32,33)(H,34,35). The highest BCUT2D eigenvalue weighted by Gasteiger charge is 2.17. The average Bonchev–Trinajstić information content (AvgIpc) is 3.53. The third kappa shape index (κ3) is 3.78. The molecule has 35 heavy (non-hydrogen) atoms. The van der Waals surface area contributed by atoms with Gasteiger partial charge in [-0.15, -0.1) is 0 Å². The number of nitrogens with one attached hydrogen (secondary N) is 3. The van der Waals surface area contributed by atoms with Crippen molar-refractivity contribution >= 4 is 27.8 Å². The Balaban J connectivity index is 1.43. The minimum atomic E-state index is 0.618. The molecule has 0 unspecified atom stereocenters. The summed E-state index contributed by atoms with van der Waals surface area (Å²) < 4.78 is 0. The van der Waals surface area contributed by atoms with Crippen molar-refractivity contribution in [2.24, 2.45) is 0 Å². The summed E-state index contributed by atoms with van der Waals surface area (Å²) in [5.74, 6) is 0.618. The minimum Gasteiger partial charge on any atom is -0.358 e. The summed E-state index contributed by atoms with van der Waals surface area (Å²) in [7, 11) is 0. The molecule has 0 aliphatic heterocycles. The first-order valence-corrected chi connectivity index (χ1v) is 11.2. The molecule has 0 spiro atoms. The monoisotopic (exact) mass is 459 g/mol. The SMILES string of the molecule is C=C(CC)Nc1cncc(-c2ccc3[nH]nc(-c4nc5c(-c6ccncc6)nccc5[nH]4)c3n2)c1. The van der Waals surface area contributed by atoms with E-state index in [0.29, 0.717) is 11.5 Å². The number of rotatable bonds is 6. The summed E-state index contributed by atoms with van der Waals surface area (Å²) in [6.07, 6.45) is 9.65. The number of nitrogens with zero attached hydrogens (tertiary/aromatic N) is 6. The number of aromatic nitrogens is 8. The predicted molar refractivity (Wildman–Crippen MR) is 136 cm³/mol. The van der Waals surface area contributed by atoms with E-state index >= 15 is 0 Å². The Labute approximate surface area is 200 Å². The van der Waals surface area contributed by atoms with Crippen molar-refractivity contribution in [2.45, 2.75) is 13.3 Å². The van der Waals surface area contributed by atoms with Crippen molar-refractivity contribution in [2.75, 3.05) is 5.32 Å². The van der Waals surface area contributed by atoms with Gasteiger partial charge in [-0.25, -0.2) is 9.97 Å². The molecule has 6 heterocycles. The predicted octanol–water partition coefficient (Wildman–Crippen LogP) is 5.36. The fourth-order valence-corrected chi connectivity index (χ4v) is 3.93. The zero-order valence-electron chi connectivity index (χ0n) is 18.9. The summed E-state index contributed by atoms with van der Waals surface area (Å²) in [4.78, 5) is 26.1. The first-order valence-electron chi connectivity index (χ1n) is 11.2. The molecule has 6 aromatic heterocycles. The maximum Gasteiger partial charge on any atom is 0.161 e. The smallest absolute Gasteiger partial charge is 0.161 e. The van der Waals surface area contributed by atoms with Crippen LogP contribution in [0.5, 0.6) is 0 Å². The Morgan fingerprint density at radius 1 is 0.886 bits per heavy atom. The highest BCUT2D eigenvalue weighted by Crippen LogP contribution is 2.31. The van der Waals surface area contributed by atoms with Crippen LogP contribution in [0.2, 0.25) is 0 Å². The van der Waals surface area contributed by atoms with E-state index in [2.05, 4.69) is 49.0 Å². The lowest BCUT2D eigenvalue weighted by Crippen LogP contribution is -1.97. The van der Waals surface area contributed by atoms with Crippen LogP contribution in [-0.2, 0) is 0 Å². The molecular weight excluding hydrogens is 438 g/mol. The molecular formula is C26H21N9. The third-order valence-electron chi connectivity index (χ3n) is 5.77. The Hall–Kier alpha value is -4.92. The van der Waals surface area contributed by atoms with Crippen LogP contribution in [0.1, 0.15) is 13.3 Å². The molecule has 6 aromatic rings. The number of hydrogen-bond acceptors (Lipinski definition) is 7. The van der Waals surface area contributed by atoms with Gasteiger partial charge in [0.2, 0.25) is 0 Å². The first kappa shape index (κ1) is 20.7. The Kier molecular flexibility index (Phi) is 4.99. The van der Waals surface area contributed by atoms with Crippen molar-refractivity contribution < 1.29 is 0 Å². The van der Waals surface area contributed by atoms with Crippen LogP contribution < -0.4 is 5.32 Å². The van der Waals surface area contributed by atoms with Gasteiger partial charge in [0.15, 0.2) is 11.5 Å². The van der Waals surface area contributed by atoms with Crippen LogP contribution in [0.15, 0.2) is 79.7 Å². The number of imidazole rings is 1. The van der Waals surface area contributed by atoms with Crippen LogP contribution in [0, 0.1) is 0 Å². The summed E-state index contributed by atoms with van der Waals surface area (Å²) >= 11 is 0. The van der Waals surface area contributed by atoms with Gasteiger partial charge in [0.1, 0.15) is 11.0 Å². The van der Waals surface area contributed by atoms with Gasteiger partial charge in [-0.3, -0.25) is 20.1 Å². The number of H-pyrrole nitrogens is 2. The molecule has 3 N–H and O–H groups in total. The van der Waals surface area contributed by atoms with E-state index in [-0.39, 0.29) is 0 Å². The molecule has 0 atom stereocenters. The molecule has 170 valence electrons. The third-order valence-corrected chi connectivity index (χ3v) is 5.77. The Morgan fingerprint density at radius 3 is 2.60 bits per heavy atom. The number of pyridine rings is 4. The van der Waals surface area contributed by atoms with Gasteiger partial charge >= 0.3 is 0 Å². The number of aromatic amines is 2. The van der Waals surface area contributed by atoms with Crippen LogP contribution in [-0.4, -0.2) is 40.1 Å². The quantitative estimate of drug-likeness (QED) is 0.307. The van der Waals surface area contributed by atoms with Gasteiger partial charge in [-0.1, -0.05) is 13.5 Å². The van der Waals surface area contributed by atoms with E-state index in [0.717, 1.165) is 62.4 Å². The maximum atomic E-state index is 4.91. The zero-order chi connectivity index (χ0) is 23.8. The lowest BCUT2D eigenvalue weighted by Gasteiger charge is -2.08. The van der Waals surface area contributed by atoms with Crippen LogP contribution in [0.25, 0.3) is 56.1 Å². The number of fused-ring (bicyclic) bond motifs is 2. The largest absolute Gasteiger partial charge is 0.358 e. The highest BCUT2D eigenvalue weighted by atomic mass is 15.2. The molecule has 9 heteroatoms. The van der Waals surface area contributed by atoms with Gasteiger partial charge in [0.05, 0.1) is 34.3 Å². The molecule has 0 radical (unpaired) electrons. The zero-order valence-corrected chi connectivity index (χ0v) is 18.9. The minimum absolute atomic E-state index is 0.618. The molecule has 6 rings (SSSR count). The van der Waals surface area contributed by atoms with E-state index in [4.69, 9.17) is 9.97 Å². The van der Waals surface area contributed by atoms with Crippen molar-refractivity contribution in [3.63, 3.8) is 0 Å². The van der Waals surface area contributed by atoms with Gasteiger partial charge in [0.25, 0.3) is 0 Å². The second-order valence-corrected chi connectivity index (χ2v) is 8.09. The summed E-state index contributed by atoms with van der Waals surface area (Å²) in [6.45, 7) is 6.06. The molecule has 0 bridgehead atoms. The topological polar surface area (TPSA) is 121 Å². The summed E-state index contributed by atoms with van der Waals surface area (Å²) in [5, 5.41) is 10.9. The normalized spacial score (nSPS) is 11.2. The Morgan fingerprint density at radius 2 is 1.74 bits per heavy atom. The number of hydrogen-bond donors (Lipinski definition) is 3. The van der Waals surface area contributed by atoms with Gasteiger partial charge < -0.3 is 10.3 Å². The summed E-state index contributed by atoms with van der Waals surface area (Å²) in [5.41, 5.74) is 9.01. The molecule has 0 fully saturated rings. The van der Waals surface area contributed by atoms with Crippen molar-refractivity contribution in [3.8, 4) is 34.0 Å². The number of allylic oxidation sites excluding steroid dienone is 1. The number of anilines is 1. The molecule has 0 amide bonds.